The standard InChI is InChI=1S/C24H21ClO/c25-21-13-11-20(12-14-21)24(16-17-24)15-5-7-19-6-4-10-23(18-19)26-22-8-2-1-3-9-22/h1-14,18H,15-17H2/b7-5+. The summed E-state index contributed by atoms with van der Waals surface area (Å²) in [6.07, 6.45) is 8.02. The molecule has 1 fully saturated rings. The molecule has 130 valence electrons. The summed E-state index contributed by atoms with van der Waals surface area (Å²) in [6, 6.07) is 26.4. The number of hydrogen-bond acceptors (Lipinski definition) is 1. The monoisotopic (exact) mass is 360 g/mol. The first-order valence-corrected chi connectivity index (χ1v) is 9.37. The minimum atomic E-state index is 0.305. The minimum Gasteiger partial charge on any atom is -0.457 e. The van der Waals surface area contributed by atoms with Gasteiger partial charge in [0.1, 0.15) is 11.5 Å². The first-order chi connectivity index (χ1) is 12.7. The second kappa shape index (κ2) is 7.39. The van der Waals surface area contributed by atoms with E-state index in [-0.39, 0.29) is 0 Å². The molecule has 0 aliphatic heterocycles. The fourth-order valence-corrected chi connectivity index (χ4v) is 3.42. The molecule has 0 radical (unpaired) electrons. The molecule has 0 aromatic heterocycles. The first kappa shape index (κ1) is 16.9. The van der Waals surface area contributed by atoms with Crippen LogP contribution in [0.15, 0.2) is 84.9 Å². The van der Waals surface area contributed by atoms with Crippen LogP contribution in [0, 0.1) is 0 Å². The summed E-state index contributed by atoms with van der Waals surface area (Å²) in [4.78, 5) is 0. The molecule has 1 saturated carbocycles. The number of allylic oxidation sites excluding steroid dienone is 1. The lowest BCUT2D eigenvalue weighted by Gasteiger charge is -2.13. The molecule has 1 nitrogen and oxygen atoms in total. The second-order valence-electron chi connectivity index (χ2n) is 6.88. The van der Waals surface area contributed by atoms with Crippen LogP contribution in [0.25, 0.3) is 6.08 Å². The summed E-state index contributed by atoms with van der Waals surface area (Å²) in [7, 11) is 0. The van der Waals surface area contributed by atoms with Crippen LogP contribution in [0.1, 0.15) is 30.4 Å². The van der Waals surface area contributed by atoms with Gasteiger partial charge < -0.3 is 4.74 Å². The summed E-state index contributed by atoms with van der Waals surface area (Å²) >= 11 is 6.01. The molecule has 2 heteroatoms. The van der Waals surface area contributed by atoms with Gasteiger partial charge in [-0.05, 0) is 72.2 Å². The summed E-state index contributed by atoms with van der Waals surface area (Å²) in [6.45, 7) is 0. The normalized spacial score (nSPS) is 15.1. The molecule has 0 spiro atoms. The Labute approximate surface area is 159 Å². The third-order valence-electron chi connectivity index (χ3n) is 4.97. The molecule has 0 saturated heterocycles. The molecule has 4 rings (SSSR count). The van der Waals surface area contributed by atoms with E-state index in [9.17, 15) is 0 Å². The van der Waals surface area contributed by atoms with Gasteiger partial charge in [-0.2, -0.15) is 0 Å². The van der Waals surface area contributed by atoms with Crippen molar-refractivity contribution >= 4 is 17.7 Å². The number of para-hydroxylation sites is 1. The van der Waals surface area contributed by atoms with E-state index in [1.54, 1.807) is 0 Å². The molecule has 0 unspecified atom stereocenters. The van der Waals surface area contributed by atoms with Gasteiger partial charge in [0.15, 0.2) is 0 Å². The Bertz CT molecular complexity index is 893. The smallest absolute Gasteiger partial charge is 0.128 e. The predicted octanol–water partition coefficient (Wildman–Crippen LogP) is 7.27. The highest BCUT2D eigenvalue weighted by atomic mass is 35.5. The number of hydrogen-bond donors (Lipinski definition) is 0. The van der Waals surface area contributed by atoms with Gasteiger partial charge in [-0.15, -0.1) is 0 Å². The molecule has 3 aromatic carbocycles. The van der Waals surface area contributed by atoms with Crippen LogP contribution in [0.5, 0.6) is 11.5 Å². The maximum atomic E-state index is 6.01. The van der Waals surface area contributed by atoms with Crippen LogP contribution in [-0.4, -0.2) is 0 Å². The predicted molar refractivity (Wildman–Crippen MR) is 109 cm³/mol. The van der Waals surface area contributed by atoms with Crippen molar-refractivity contribution in [3.63, 3.8) is 0 Å². The fraction of sp³-hybridized carbons (Fsp3) is 0.167. The van der Waals surface area contributed by atoms with Crippen molar-refractivity contribution in [3.8, 4) is 11.5 Å². The zero-order valence-electron chi connectivity index (χ0n) is 14.6. The lowest BCUT2D eigenvalue weighted by Crippen LogP contribution is -2.04. The van der Waals surface area contributed by atoms with Crippen LogP contribution in [-0.2, 0) is 5.41 Å². The largest absolute Gasteiger partial charge is 0.457 e. The van der Waals surface area contributed by atoms with Crippen LogP contribution in [0.4, 0.5) is 0 Å². The Kier molecular flexibility index (Phi) is 4.81. The summed E-state index contributed by atoms with van der Waals surface area (Å²) in [5, 5.41) is 0.801. The lowest BCUT2D eigenvalue weighted by atomic mass is 9.92. The molecule has 0 amide bonds. The van der Waals surface area contributed by atoms with Crippen molar-refractivity contribution in [1.29, 1.82) is 0 Å². The Morgan fingerprint density at radius 1 is 0.846 bits per heavy atom. The van der Waals surface area contributed by atoms with E-state index in [1.807, 2.05) is 54.6 Å². The zero-order chi connectivity index (χ0) is 17.8. The average Bonchev–Trinajstić information content (AvgIpc) is 3.44. The van der Waals surface area contributed by atoms with E-state index in [0.717, 1.165) is 28.5 Å². The number of rotatable bonds is 6. The van der Waals surface area contributed by atoms with Crippen LogP contribution >= 0.6 is 11.6 Å². The van der Waals surface area contributed by atoms with Gasteiger partial charge in [0.2, 0.25) is 0 Å². The molecule has 0 atom stereocenters. The van der Waals surface area contributed by atoms with Crippen molar-refractivity contribution in [2.75, 3.05) is 0 Å². The molecular formula is C24H21ClO. The van der Waals surface area contributed by atoms with E-state index in [4.69, 9.17) is 16.3 Å². The molecule has 0 heterocycles. The topological polar surface area (TPSA) is 9.23 Å². The van der Waals surface area contributed by atoms with Gasteiger partial charge in [-0.1, -0.05) is 66.2 Å². The molecule has 0 bridgehead atoms. The molecule has 3 aromatic rings. The van der Waals surface area contributed by atoms with E-state index < -0.39 is 0 Å². The number of halogens is 1. The highest BCUT2D eigenvalue weighted by molar-refractivity contribution is 6.30. The molecule has 0 N–H and O–H groups in total. The van der Waals surface area contributed by atoms with Crippen molar-refractivity contribution in [3.05, 3.63) is 101 Å². The third kappa shape index (κ3) is 4.00. The number of benzene rings is 3. The van der Waals surface area contributed by atoms with Crippen molar-refractivity contribution in [2.45, 2.75) is 24.7 Å². The van der Waals surface area contributed by atoms with Gasteiger partial charge >= 0.3 is 0 Å². The highest BCUT2D eigenvalue weighted by Crippen LogP contribution is 2.51. The zero-order valence-corrected chi connectivity index (χ0v) is 15.3. The Hall–Kier alpha value is -2.51. The van der Waals surface area contributed by atoms with Crippen LogP contribution in [0.2, 0.25) is 5.02 Å². The summed E-state index contributed by atoms with van der Waals surface area (Å²) < 4.78 is 5.91. The van der Waals surface area contributed by atoms with E-state index in [2.05, 4.69) is 36.4 Å². The minimum absolute atomic E-state index is 0.305. The summed E-state index contributed by atoms with van der Waals surface area (Å²) in [5.41, 5.74) is 2.86. The van der Waals surface area contributed by atoms with Gasteiger partial charge in [0.25, 0.3) is 0 Å². The molecule has 1 aliphatic rings. The Morgan fingerprint density at radius 2 is 1.58 bits per heavy atom. The van der Waals surface area contributed by atoms with Gasteiger partial charge in [-0.25, -0.2) is 0 Å². The molecule has 26 heavy (non-hydrogen) atoms. The van der Waals surface area contributed by atoms with Crippen molar-refractivity contribution < 1.29 is 4.74 Å². The van der Waals surface area contributed by atoms with Crippen molar-refractivity contribution in [2.24, 2.45) is 0 Å². The average molecular weight is 361 g/mol. The molecular weight excluding hydrogens is 340 g/mol. The van der Waals surface area contributed by atoms with Gasteiger partial charge in [0.05, 0.1) is 0 Å². The summed E-state index contributed by atoms with van der Waals surface area (Å²) in [5.74, 6) is 1.71. The number of ether oxygens (including phenoxy) is 1. The fourth-order valence-electron chi connectivity index (χ4n) is 3.29. The van der Waals surface area contributed by atoms with Gasteiger partial charge in [0, 0.05) is 5.02 Å². The highest BCUT2D eigenvalue weighted by Gasteiger charge is 2.42. The first-order valence-electron chi connectivity index (χ1n) is 8.99. The van der Waals surface area contributed by atoms with Crippen LogP contribution in [0.3, 0.4) is 0 Å². The van der Waals surface area contributed by atoms with Gasteiger partial charge in [-0.3, -0.25) is 0 Å². The maximum Gasteiger partial charge on any atom is 0.128 e. The second-order valence-corrected chi connectivity index (χ2v) is 7.32. The third-order valence-corrected chi connectivity index (χ3v) is 5.22. The maximum absolute atomic E-state index is 6.01. The Morgan fingerprint density at radius 3 is 2.31 bits per heavy atom. The van der Waals surface area contributed by atoms with Crippen LogP contribution < -0.4 is 4.74 Å². The molecule has 1 aliphatic carbocycles. The van der Waals surface area contributed by atoms with E-state index in [0.29, 0.717) is 5.41 Å². The van der Waals surface area contributed by atoms with E-state index in [1.165, 1.54) is 18.4 Å². The van der Waals surface area contributed by atoms with E-state index >= 15 is 0 Å². The lowest BCUT2D eigenvalue weighted by molar-refractivity contribution is 0.482. The quantitative estimate of drug-likeness (QED) is 0.449. The SMILES string of the molecule is Clc1ccc(C2(C/C=C/c3cccc(Oc4ccccc4)c3)CC2)cc1. The Balaban J connectivity index is 1.42. The van der Waals surface area contributed by atoms with Crippen molar-refractivity contribution in [1.82, 2.24) is 0 Å².